The first-order valence-corrected chi connectivity index (χ1v) is 10.4. The van der Waals surface area contributed by atoms with Gasteiger partial charge in [0.15, 0.2) is 0 Å². The molecular formula is C21H31Br2NO2. The van der Waals surface area contributed by atoms with E-state index in [0.717, 1.165) is 53.3 Å². The predicted octanol–water partition coefficient (Wildman–Crippen LogP) is 1.68. The van der Waals surface area contributed by atoms with Gasteiger partial charge in [-0.1, -0.05) is 40.9 Å². The number of hydrogen-bond donors (Lipinski definition) is 0. The monoisotopic (exact) mass is 487 g/mol. The number of carbonyl (C=O) groups excluding carboxylic acids is 1. The molecule has 1 saturated heterocycles. The normalized spacial score (nSPS) is 23.1. The Kier molecular flexibility index (Phi) is 7.37. The predicted molar refractivity (Wildman–Crippen MR) is 104 cm³/mol. The molecule has 0 bridgehead atoms. The molecule has 26 heavy (non-hydrogen) atoms. The van der Waals surface area contributed by atoms with Crippen molar-refractivity contribution in [3.63, 3.8) is 0 Å². The molecule has 1 atom stereocenters. The summed E-state index contributed by atoms with van der Waals surface area (Å²) in [6.07, 6.45) is 6.71. The highest BCUT2D eigenvalue weighted by Gasteiger charge is 2.46. The number of hydrogen-bond acceptors (Lipinski definition) is 2. The first kappa shape index (κ1) is 21.9. The lowest BCUT2D eigenvalue weighted by Gasteiger charge is -2.39. The number of benzene rings is 1. The Morgan fingerprint density at radius 3 is 2.15 bits per heavy atom. The molecule has 0 radical (unpaired) electrons. The second-order valence-corrected chi connectivity index (χ2v) is 9.59. The van der Waals surface area contributed by atoms with Crippen LogP contribution in [0, 0.1) is 5.92 Å². The average Bonchev–Trinajstić information content (AvgIpc) is 3.11. The van der Waals surface area contributed by atoms with Gasteiger partial charge in [-0.15, -0.1) is 0 Å². The largest absolute Gasteiger partial charge is 1.00 e. The van der Waals surface area contributed by atoms with Crippen LogP contribution in [0.15, 0.2) is 28.7 Å². The zero-order valence-corrected chi connectivity index (χ0v) is 19.3. The summed E-state index contributed by atoms with van der Waals surface area (Å²) in [6, 6.07) is 8.25. The lowest BCUT2D eigenvalue weighted by Crippen LogP contribution is -3.00. The Labute approximate surface area is 177 Å². The maximum atomic E-state index is 13.3. The van der Waals surface area contributed by atoms with Gasteiger partial charge >= 0.3 is 5.97 Å². The fraction of sp³-hybridized carbons (Fsp3) is 0.667. The summed E-state index contributed by atoms with van der Waals surface area (Å²) in [4.78, 5) is 13.3. The molecule has 1 saturated carbocycles. The van der Waals surface area contributed by atoms with Gasteiger partial charge in [0.2, 0.25) is 0 Å². The number of halogens is 2. The molecule has 5 heteroatoms. The Morgan fingerprint density at radius 2 is 1.62 bits per heavy atom. The lowest BCUT2D eigenvalue weighted by molar-refractivity contribution is -0.896. The number of ether oxygens (including phenoxy) is 1. The van der Waals surface area contributed by atoms with Gasteiger partial charge in [0.1, 0.15) is 6.10 Å². The molecule has 0 aromatic heterocycles. The third-order valence-electron chi connectivity index (χ3n) is 6.43. The van der Waals surface area contributed by atoms with E-state index in [9.17, 15) is 4.79 Å². The van der Waals surface area contributed by atoms with Gasteiger partial charge in [-0.05, 0) is 43.4 Å². The molecule has 1 aromatic carbocycles. The second-order valence-electron chi connectivity index (χ2n) is 8.68. The van der Waals surface area contributed by atoms with Crippen LogP contribution in [0.25, 0.3) is 0 Å². The number of esters is 1. The van der Waals surface area contributed by atoms with E-state index < -0.39 is 5.41 Å². The summed E-state index contributed by atoms with van der Waals surface area (Å²) in [7, 11) is 4.50. The van der Waals surface area contributed by atoms with Crippen molar-refractivity contribution in [3.05, 3.63) is 34.3 Å². The first-order valence-electron chi connectivity index (χ1n) is 9.60. The molecule has 1 aliphatic carbocycles. The molecule has 146 valence electrons. The van der Waals surface area contributed by atoms with Gasteiger partial charge in [0.25, 0.3) is 0 Å². The maximum Gasteiger partial charge on any atom is 0.316 e. The summed E-state index contributed by atoms with van der Waals surface area (Å²) < 4.78 is 8.16. The number of piperidine rings is 1. The number of nitrogens with zero attached hydrogens (tertiary/aromatic N) is 1. The topological polar surface area (TPSA) is 26.3 Å². The van der Waals surface area contributed by atoms with Crippen LogP contribution in [0.5, 0.6) is 0 Å². The molecule has 1 unspecified atom stereocenters. The van der Waals surface area contributed by atoms with Crippen LogP contribution in [-0.4, -0.2) is 43.7 Å². The van der Waals surface area contributed by atoms with Crippen LogP contribution in [-0.2, 0) is 14.9 Å². The number of rotatable bonds is 4. The quantitative estimate of drug-likeness (QED) is 0.476. The van der Waals surface area contributed by atoms with E-state index in [-0.39, 0.29) is 29.1 Å². The summed E-state index contributed by atoms with van der Waals surface area (Å²) >= 11 is 3.51. The van der Waals surface area contributed by atoms with Crippen molar-refractivity contribution in [2.75, 3.05) is 27.2 Å². The van der Waals surface area contributed by atoms with E-state index in [0.29, 0.717) is 5.92 Å². The minimum Gasteiger partial charge on any atom is -1.00 e. The minimum absolute atomic E-state index is 0. The van der Waals surface area contributed by atoms with Gasteiger partial charge in [-0.2, -0.15) is 0 Å². The Bertz CT molecular complexity index is 601. The van der Waals surface area contributed by atoms with Gasteiger partial charge < -0.3 is 26.2 Å². The Morgan fingerprint density at radius 1 is 1.08 bits per heavy atom. The molecule has 3 rings (SSSR count). The third kappa shape index (κ3) is 4.71. The summed E-state index contributed by atoms with van der Waals surface area (Å²) in [6.45, 7) is 4.27. The van der Waals surface area contributed by atoms with Crippen molar-refractivity contribution in [2.24, 2.45) is 5.92 Å². The van der Waals surface area contributed by atoms with E-state index in [2.05, 4.69) is 49.1 Å². The molecule has 1 heterocycles. The molecular weight excluding hydrogens is 458 g/mol. The summed E-state index contributed by atoms with van der Waals surface area (Å²) in [5, 5.41) is 0. The van der Waals surface area contributed by atoms with E-state index in [1.165, 1.54) is 12.8 Å². The molecule has 2 aliphatic rings. The highest BCUT2D eigenvalue weighted by Crippen LogP contribution is 2.43. The van der Waals surface area contributed by atoms with Crippen LogP contribution in [0.1, 0.15) is 51.0 Å². The standard InChI is InChI=1S/C21H31BrNO2.BrH/c1-21(16-6-4-5-7-16,17-8-10-18(22)11-9-17)20(24)25-19-12-14-23(2,3)15-13-19;/h8-11,16,19H,4-7,12-15H2,1-3H3;1H/q+1;/p-1. The maximum absolute atomic E-state index is 13.3. The van der Waals surface area contributed by atoms with Crippen molar-refractivity contribution in [2.45, 2.75) is 57.0 Å². The first-order chi connectivity index (χ1) is 11.8. The van der Waals surface area contributed by atoms with Crippen LogP contribution < -0.4 is 17.0 Å². The second kappa shape index (κ2) is 8.74. The minimum atomic E-state index is -0.529. The van der Waals surface area contributed by atoms with Crippen LogP contribution >= 0.6 is 15.9 Å². The zero-order chi connectivity index (χ0) is 18.1. The van der Waals surface area contributed by atoms with E-state index in [4.69, 9.17) is 4.74 Å². The summed E-state index contributed by atoms with van der Waals surface area (Å²) in [5.74, 6) is 0.371. The zero-order valence-electron chi connectivity index (χ0n) is 16.1. The highest BCUT2D eigenvalue weighted by atomic mass is 79.9. The number of likely N-dealkylation sites (tertiary alicyclic amines) is 1. The van der Waals surface area contributed by atoms with Crippen molar-refractivity contribution in [3.8, 4) is 0 Å². The average molecular weight is 489 g/mol. The summed E-state index contributed by atoms with van der Waals surface area (Å²) in [5.41, 5.74) is 0.568. The van der Waals surface area contributed by atoms with E-state index >= 15 is 0 Å². The molecule has 3 nitrogen and oxygen atoms in total. The smallest absolute Gasteiger partial charge is 0.316 e. The van der Waals surface area contributed by atoms with Gasteiger partial charge in [0.05, 0.1) is 32.6 Å². The van der Waals surface area contributed by atoms with Crippen LogP contribution in [0.3, 0.4) is 0 Å². The number of carbonyl (C=O) groups is 1. The van der Waals surface area contributed by atoms with Gasteiger partial charge in [-0.3, -0.25) is 4.79 Å². The van der Waals surface area contributed by atoms with Gasteiger partial charge in [0, 0.05) is 17.3 Å². The Balaban J connectivity index is 0.00000243. The molecule has 2 fully saturated rings. The van der Waals surface area contributed by atoms with Gasteiger partial charge in [-0.25, -0.2) is 0 Å². The van der Waals surface area contributed by atoms with Crippen molar-refractivity contribution in [1.82, 2.24) is 0 Å². The highest BCUT2D eigenvalue weighted by molar-refractivity contribution is 9.10. The molecule has 0 spiro atoms. The molecule has 1 aromatic rings. The van der Waals surface area contributed by atoms with Crippen molar-refractivity contribution in [1.29, 1.82) is 0 Å². The van der Waals surface area contributed by atoms with Crippen molar-refractivity contribution >= 4 is 21.9 Å². The Hall–Kier alpha value is -0.390. The molecule has 0 N–H and O–H groups in total. The third-order valence-corrected chi connectivity index (χ3v) is 6.95. The fourth-order valence-corrected chi connectivity index (χ4v) is 4.72. The van der Waals surface area contributed by atoms with Crippen LogP contribution in [0.2, 0.25) is 0 Å². The lowest BCUT2D eigenvalue weighted by atomic mass is 9.71. The fourth-order valence-electron chi connectivity index (χ4n) is 4.45. The number of quaternary nitrogens is 1. The SMILES string of the molecule is CC(C(=O)OC1CC[N+](C)(C)CC1)(c1ccc(Br)cc1)C1CCCC1.[Br-]. The van der Waals surface area contributed by atoms with Crippen molar-refractivity contribution < 1.29 is 31.0 Å². The van der Waals surface area contributed by atoms with Crippen LogP contribution in [0.4, 0.5) is 0 Å². The van der Waals surface area contributed by atoms with E-state index in [1.807, 2.05) is 12.1 Å². The molecule has 1 aliphatic heterocycles. The van der Waals surface area contributed by atoms with E-state index in [1.54, 1.807) is 0 Å². The molecule has 0 amide bonds.